The van der Waals surface area contributed by atoms with Gasteiger partial charge in [-0.1, -0.05) is 30.4 Å². The third kappa shape index (κ3) is 3.46. The number of methoxy groups -OCH3 is 1. The van der Waals surface area contributed by atoms with Crippen LogP contribution < -0.4 is 5.32 Å². The molecule has 2 rings (SSSR count). The summed E-state index contributed by atoms with van der Waals surface area (Å²) in [5.74, 6) is -1.68. The highest BCUT2D eigenvalue weighted by atomic mass is 32.1. The number of ether oxygens (including phenoxy) is 1. The molecular weight excluding hydrogens is 290 g/mol. The van der Waals surface area contributed by atoms with Crippen molar-refractivity contribution in [1.82, 2.24) is 0 Å². The molecular formula is C15H15NO4S. The van der Waals surface area contributed by atoms with E-state index in [2.05, 4.69) is 10.1 Å². The number of benzene rings is 1. The quantitative estimate of drug-likeness (QED) is 0.659. The van der Waals surface area contributed by atoms with Crippen molar-refractivity contribution in [2.24, 2.45) is 5.92 Å². The van der Waals surface area contributed by atoms with Crippen LogP contribution in [0.25, 0.3) is 0 Å². The maximum Gasteiger partial charge on any atom is 0.309 e. The van der Waals surface area contributed by atoms with Crippen LogP contribution in [-0.4, -0.2) is 29.0 Å². The van der Waals surface area contributed by atoms with E-state index in [0.29, 0.717) is 0 Å². The van der Waals surface area contributed by atoms with Gasteiger partial charge in [0.1, 0.15) is 10.7 Å². The highest BCUT2D eigenvalue weighted by Crippen LogP contribution is 2.27. The minimum absolute atomic E-state index is 0.0112. The first-order valence-corrected chi connectivity index (χ1v) is 6.83. The van der Waals surface area contributed by atoms with Crippen molar-refractivity contribution >= 4 is 34.6 Å². The molecule has 1 aliphatic carbocycles. The number of hydrogen-bond donors (Lipinski definition) is 2. The van der Waals surface area contributed by atoms with E-state index in [-0.39, 0.29) is 34.9 Å². The van der Waals surface area contributed by atoms with Crippen LogP contribution in [0.15, 0.2) is 41.7 Å². The van der Waals surface area contributed by atoms with Gasteiger partial charge in [0.2, 0.25) is 0 Å². The number of aliphatic hydroxyl groups excluding tert-OH is 1. The molecule has 0 saturated carbocycles. The number of rotatable bonds is 3. The molecule has 0 aliphatic heterocycles. The molecule has 0 spiro atoms. The van der Waals surface area contributed by atoms with E-state index in [4.69, 9.17) is 12.2 Å². The highest BCUT2D eigenvalue weighted by Gasteiger charge is 2.34. The molecule has 0 saturated heterocycles. The Morgan fingerprint density at radius 3 is 2.57 bits per heavy atom. The number of esters is 1. The Bertz CT molecular complexity index is 609. The Labute approximate surface area is 127 Å². The van der Waals surface area contributed by atoms with Gasteiger partial charge in [-0.15, -0.1) is 0 Å². The maximum atomic E-state index is 12.1. The van der Waals surface area contributed by atoms with Crippen molar-refractivity contribution in [3.05, 3.63) is 41.7 Å². The third-order valence-electron chi connectivity index (χ3n) is 3.23. The van der Waals surface area contributed by atoms with Gasteiger partial charge in [0.25, 0.3) is 0 Å². The van der Waals surface area contributed by atoms with E-state index in [1.165, 1.54) is 7.11 Å². The zero-order chi connectivity index (χ0) is 15.4. The largest absolute Gasteiger partial charge is 0.511 e. The lowest BCUT2D eigenvalue weighted by atomic mass is 9.87. The number of allylic oxidation sites excluding steroid dienone is 1. The lowest BCUT2D eigenvalue weighted by Gasteiger charge is -2.22. The summed E-state index contributed by atoms with van der Waals surface area (Å²) in [5, 5.41) is 12.9. The van der Waals surface area contributed by atoms with Gasteiger partial charge in [-0.25, -0.2) is 0 Å². The second-order valence-electron chi connectivity index (χ2n) is 4.69. The summed E-state index contributed by atoms with van der Waals surface area (Å²) < 4.78 is 4.60. The first-order valence-electron chi connectivity index (χ1n) is 6.42. The fraction of sp³-hybridized carbons (Fsp3) is 0.267. The fourth-order valence-electron chi connectivity index (χ4n) is 2.20. The van der Waals surface area contributed by atoms with Crippen LogP contribution in [0.3, 0.4) is 0 Å². The molecule has 0 fully saturated rings. The summed E-state index contributed by atoms with van der Waals surface area (Å²) in [6.07, 6.45) is 0.0486. The lowest BCUT2D eigenvalue weighted by molar-refractivity contribution is -0.147. The van der Waals surface area contributed by atoms with Crippen molar-refractivity contribution in [2.75, 3.05) is 12.4 Å². The SMILES string of the molecule is COC(=O)C1CC(=O)C(C(=S)Nc2ccccc2)=C(O)C1. The molecule has 110 valence electrons. The van der Waals surface area contributed by atoms with Crippen molar-refractivity contribution in [1.29, 1.82) is 0 Å². The molecule has 0 amide bonds. The first kappa shape index (κ1) is 15.2. The van der Waals surface area contributed by atoms with Crippen LogP contribution in [0.1, 0.15) is 12.8 Å². The van der Waals surface area contributed by atoms with E-state index in [1.54, 1.807) is 12.1 Å². The summed E-state index contributed by atoms with van der Waals surface area (Å²) in [5.41, 5.74) is 0.805. The van der Waals surface area contributed by atoms with Gasteiger partial charge < -0.3 is 15.2 Å². The van der Waals surface area contributed by atoms with E-state index >= 15 is 0 Å². The number of anilines is 1. The number of aliphatic hydroxyl groups is 1. The van der Waals surface area contributed by atoms with E-state index in [1.807, 2.05) is 18.2 Å². The Kier molecular flexibility index (Phi) is 4.70. The van der Waals surface area contributed by atoms with E-state index in [9.17, 15) is 14.7 Å². The minimum Gasteiger partial charge on any atom is -0.511 e. The number of thiocarbonyl (C=S) groups is 1. The number of hydrogen-bond acceptors (Lipinski definition) is 5. The highest BCUT2D eigenvalue weighted by molar-refractivity contribution is 7.81. The number of ketones is 1. The Morgan fingerprint density at radius 2 is 2.00 bits per heavy atom. The second kappa shape index (κ2) is 6.49. The van der Waals surface area contributed by atoms with Crippen LogP contribution in [-0.2, 0) is 14.3 Å². The second-order valence-corrected chi connectivity index (χ2v) is 5.10. The minimum atomic E-state index is -0.647. The topological polar surface area (TPSA) is 75.6 Å². The van der Waals surface area contributed by atoms with Crippen LogP contribution in [0, 0.1) is 5.92 Å². The number of nitrogens with one attached hydrogen (secondary N) is 1. The third-order valence-corrected chi connectivity index (χ3v) is 3.54. The average molecular weight is 305 g/mol. The molecule has 0 heterocycles. The predicted molar refractivity (Wildman–Crippen MR) is 82.1 cm³/mol. The van der Waals surface area contributed by atoms with Gasteiger partial charge in [-0.05, 0) is 12.1 Å². The number of Topliss-reactive ketones (excluding diaryl/α,β-unsaturated/α-hetero) is 1. The number of para-hydroxylation sites is 1. The summed E-state index contributed by atoms with van der Waals surface area (Å²) in [4.78, 5) is 23.7. The van der Waals surface area contributed by atoms with E-state index in [0.717, 1.165) is 5.69 Å². The molecule has 1 aromatic rings. The van der Waals surface area contributed by atoms with Crippen LogP contribution in [0.5, 0.6) is 0 Å². The van der Waals surface area contributed by atoms with Crippen molar-refractivity contribution in [3.8, 4) is 0 Å². The molecule has 1 aliphatic rings. The molecule has 1 unspecified atom stereocenters. The maximum absolute atomic E-state index is 12.1. The number of carbonyl (C=O) groups excluding carboxylic acids is 2. The zero-order valence-electron chi connectivity index (χ0n) is 11.5. The molecule has 0 aromatic heterocycles. The zero-order valence-corrected chi connectivity index (χ0v) is 12.3. The summed E-state index contributed by atoms with van der Waals surface area (Å²) in [6, 6.07) is 9.12. The molecule has 6 heteroatoms. The molecule has 1 atom stereocenters. The summed E-state index contributed by atoms with van der Waals surface area (Å²) >= 11 is 5.18. The average Bonchev–Trinajstić information content (AvgIpc) is 2.46. The molecule has 2 N–H and O–H groups in total. The molecule has 0 bridgehead atoms. The van der Waals surface area contributed by atoms with Crippen LogP contribution >= 0.6 is 12.2 Å². The van der Waals surface area contributed by atoms with Gasteiger partial charge in [0.05, 0.1) is 18.6 Å². The van der Waals surface area contributed by atoms with E-state index < -0.39 is 11.9 Å². The van der Waals surface area contributed by atoms with Gasteiger partial charge in [-0.2, -0.15) is 0 Å². The normalized spacial score (nSPS) is 18.3. The fourth-order valence-corrected chi connectivity index (χ4v) is 2.55. The molecule has 21 heavy (non-hydrogen) atoms. The van der Waals surface area contributed by atoms with Gasteiger partial charge in [-0.3, -0.25) is 9.59 Å². The monoisotopic (exact) mass is 305 g/mol. The van der Waals surface area contributed by atoms with Crippen LogP contribution in [0.4, 0.5) is 5.69 Å². The molecule has 0 radical (unpaired) electrons. The molecule has 5 nitrogen and oxygen atoms in total. The van der Waals surface area contributed by atoms with Crippen LogP contribution in [0.2, 0.25) is 0 Å². The Hall–Kier alpha value is -2.21. The van der Waals surface area contributed by atoms with Crippen molar-refractivity contribution in [3.63, 3.8) is 0 Å². The van der Waals surface area contributed by atoms with Gasteiger partial charge >= 0.3 is 5.97 Å². The van der Waals surface area contributed by atoms with Crippen molar-refractivity contribution < 1.29 is 19.4 Å². The van der Waals surface area contributed by atoms with Gasteiger partial charge in [0.15, 0.2) is 5.78 Å². The molecule has 1 aromatic carbocycles. The first-order chi connectivity index (χ1) is 10.0. The Morgan fingerprint density at radius 1 is 1.33 bits per heavy atom. The standard InChI is InChI=1S/C15H15NO4S/c1-20-15(19)9-7-11(17)13(12(18)8-9)14(21)16-10-5-3-2-4-6-10/h2-6,9,17H,7-8H2,1H3,(H,16,21). The predicted octanol–water partition coefficient (Wildman–Crippen LogP) is 2.39. The Balaban J connectivity index is 2.17. The smallest absolute Gasteiger partial charge is 0.309 e. The lowest BCUT2D eigenvalue weighted by Crippen LogP contribution is -2.30. The van der Waals surface area contributed by atoms with Crippen molar-refractivity contribution in [2.45, 2.75) is 12.8 Å². The summed E-state index contributed by atoms with van der Waals surface area (Å²) in [7, 11) is 1.25. The van der Waals surface area contributed by atoms with Gasteiger partial charge in [0, 0.05) is 18.5 Å². The number of carbonyl (C=O) groups is 2. The summed E-state index contributed by atoms with van der Waals surface area (Å²) in [6.45, 7) is 0.